The molecule has 0 saturated carbocycles. The Bertz CT molecular complexity index is 1260. The van der Waals surface area contributed by atoms with Crippen molar-refractivity contribution >= 4 is 22.5 Å². The van der Waals surface area contributed by atoms with Gasteiger partial charge < -0.3 is 11.5 Å². The molecule has 28 heavy (non-hydrogen) atoms. The van der Waals surface area contributed by atoms with Gasteiger partial charge in [0.1, 0.15) is 11.8 Å². The third-order valence-corrected chi connectivity index (χ3v) is 4.62. The van der Waals surface area contributed by atoms with Gasteiger partial charge in [0.05, 0.1) is 22.5 Å². The molecule has 2 aromatic heterocycles. The first-order valence-electron chi connectivity index (χ1n) is 8.54. The first-order chi connectivity index (χ1) is 13.5. The number of nitrogen functional groups attached to an aromatic ring is 1. The number of fused-ring (bicyclic) bond motifs is 1. The number of amides is 1. The van der Waals surface area contributed by atoms with Crippen LogP contribution in [-0.4, -0.2) is 20.7 Å². The van der Waals surface area contributed by atoms with Crippen LogP contribution in [0, 0.1) is 18.3 Å². The summed E-state index contributed by atoms with van der Waals surface area (Å²) in [7, 11) is 0. The number of nitrogens with two attached hydrogens (primary N) is 2. The summed E-state index contributed by atoms with van der Waals surface area (Å²) in [6.07, 6.45) is 1.68. The minimum atomic E-state index is -0.568. The summed E-state index contributed by atoms with van der Waals surface area (Å²) >= 11 is 0. The molecule has 7 heteroatoms. The quantitative estimate of drug-likeness (QED) is 0.538. The number of hydrogen-bond acceptors (Lipinski definition) is 5. The number of nitrogens with zero attached hydrogens (tertiary/aromatic N) is 4. The van der Waals surface area contributed by atoms with Crippen molar-refractivity contribution < 1.29 is 4.79 Å². The lowest BCUT2D eigenvalue weighted by Gasteiger charge is -2.08. The van der Waals surface area contributed by atoms with Gasteiger partial charge in [-0.05, 0) is 48.9 Å². The summed E-state index contributed by atoms with van der Waals surface area (Å²) in [4.78, 5) is 15.6. The lowest BCUT2D eigenvalue weighted by molar-refractivity contribution is 0.100. The Kier molecular flexibility index (Phi) is 4.02. The van der Waals surface area contributed by atoms with Crippen molar-refractivity contribution in [2.75, 3.05) is 5.73 Å². The average Bonchev–Trinajstić information content (AvgIpc) is 3.04. The zero-order chi connectivity index (χ0) is 19.8. The fourth-order valence-corrected chi connectivity index (χ4v) is 3.31. The second-order valence-corrected chi connectivity index (χ2v) is 6.38. The van der Waals surface area contributed by atoms with E-state index in [4.69, 9.17) is 16.7 Å². The number of rotatable bonds is 3. The van der Waals surface area contributed by atoms with Gasteiger partial charge in [0, 0.05) is 22.8 Å². The lowest BCUT2D eigenvalue weighted by Crippen LogP contribution is -2.13. The highest BCUT2D eigenvalue weighted by Gasteiger charge is 2.15. The summed E-state index contributed by atoms with van der Waals surface area (Å²) in [5, 5.41) is 14.6. The van der Waals surface area contributed by atoms with Crippen molar-refractivity contribution in [3.05, 3.63) is 71.7 Å². The molecular formula is C21H16N6O. The van der Waals surface area contributed by atoms with Crippen LogP contribution in [0.25, 0.3) is 27.7 Å². The molecule has 4 aromatic rings. The molecule has 0 spiro atoms. The van der Waals surface area contributed by atoms with E-state index in [1.165, 1.54) is 0 Å². The van der Waals surface area contributed by atoms with Crippen LogP contribution in [-0.2, 0) is 0 Å². The highest BCUT2D eigenvalue weighted by Crippen LogP contribution is 2.32. The SMILES string of the molecule is Cc1nn(-c2ccc(C(N)=O)c(N)c2)c2cccc(-c3ccc(C#N)nc3)c12. The number of carbonyl (C=O) groups is 1. The summed E-state index contributed by atoms with van der Waals surface area (Å²) in [6.45, 7) is 1.93. The number of aryl methyl sites for hydroxylation is 1. The predicted molar refractivity (Wildman–Crippen MR) is 107 cm³/mol. The largest absolute Gasteiger partial charge is 0.398 e. The molecule has 1 amide bonds. The van der Waals surface area contributed by atoms with Crippen LogP contribution < -0.4 is 11.5 Å². The molecule has 4 N–H and O–H groups in total. The van der Waals surface area contributed by atoms with Crippen LogP contribution in [0.2, 0.25) is 0 Å². The topological polar surface area (TPSA) is 124 Å². The fourth-order valence-electron chi connectivity index (χ4n) is 3.31. The third-order valence-electron chi connectivity index (χ3n) is 4.62. The Morgan fingerprint density at radius 2 is 2.00 bits per heavy atom. The molecule has 0 fully saturated rings. The van der Waals surface area contributed by atoms with Crippen molar-refractivity contribution in [2.24, 2.45) is 5.73 Å². The highest BCUT2D eigenvalue weighted by molar-refractivity contribution is 5.99. The van der Waals surface area contributed by atoms with Gasteiger partial charge in [-0.15, -0.1) is 0 Å². The van der Waals surface area contributed by atoms with Gasteiger partial charge >= 0.3 is 0 Å². The van der Waals surface area contributed by atoms with E-state index in [0.29, 0.717) is 11.4 Å². The number of hydrogen-bond donors (Lipinski definition) is 2. The van der Waals surface area contributed by atoms with Gasteiger partial charge in [0.25, 0.3) is 5.91 Å². The average molecular weight is 368 g/mol. The molecule has 0 radical (unpaired) electrons. The number of pyridine rings is 1. The van der Waals surface area contributed by atoms with Gasteiger partial charge in [-0.1, -0.05) is 12.1 Å². The summed E-state index contributed by atoms with van der Waals surface area (Å²) in [5.41, 5.74) is 16.6. The van der Waals surface area contributed by atoms with Crippen molar-refractivity contribution in [2.45, 2.75) is 6.92 Å². The molecule has 0 unspecified atom stereocenters. The molecule has 4 rings (SSSR count). The monoisotopic (exact) mass is 368 g/mol. The van der Waals surface area contributed by atoms with E-state index >= 15 is 0 Å². The summed E-state index contributed by atoms with van der Waals surface area (Å²) in [5.74, 6) is -0.568. The molecule has 0 aliphatic carbocycles. The van der Waals surface area contributed by atoms with Crippen molar-refractivity contribution in [1.29, 1.82) is 5.26 Å². The number of anilines is 1. The molecular weight excluding hydrogens is 352 g/mol. The van der Waals surface area contributed by atoms with Crippen molar-refractivity contribution in [3.63, 3.8) is 0 Å². The number of primary amides is 1. The first kappa shape index (κ1) is 17.2. The van der Waals surface area contributed by atoms with E-state index in [1.54, 1.807) is 35.1 Å². The van der Waals surface area contributed by atoms with E-state index in [9.17, 15) is 4.79 Å². The maximum Gasteiger partial charge on any atom is 0.250 e. The van der Waals surface area contributed by atoms with Crippen LogP contribution in [0.5, 0.6) is 0 Å². The standard InChI is InChI=1S/C21H16N6O/c1-12-20-16(13-5-6-14(10-22)25-11-13)3-2-4-19(20)27(26-12)15-7-8-17(21(24)28)18(23)9-15/h2-9,11H,23H2,1H3,(H2,24,28). The minimum Gasteiger partial charge on any atom is -0.398 e. The molecule has 0 saturated heterocycles. The molecule has 2 heterocycles. The normalized spacial score (nSPS) is 10.7. The van der Waals surface area contributed by atoms with Crippen LogP contribution in [0.4, 0.5) is 5.69 Å². The number of carbonyl (C=O) groups excluding carboxylic acids is 1. The molecule has 2 aromatic carbocycles. The number of nitriles is 1. The molecule has 0 aliphatic heterocycles. The van der Waals surface area contributed by atoms with E-state index in [2.05, 4.69) is 10.1 Å². The Hall–Kier alpha value is -4.18. The van der Waals surface area contributed by atoms with E-state index in [1.807, 2.05) is 37.3 Å². The first-order valence-corrected chi connectivity index (χ1v) is 8.54. The number of benzene rings is 2. The Balaban J connectivity index is 1.90. The van der Waals surface area contributed by atoms with Gasteiger partial charge in [-0.25, -0.2) is 9.67 Å². The van der Waals surface area contributed by atoms with Crippen LogP contribution in [0.15, 0.2) is 54.7 Å². The van der Waals surface area contributed by atoms with Gasteiger partial charge in [0.2, 0.25) is 0 Å². The second kappa shape index (κ2) is 6.52. The lowest BCUT2D eigenvalue weighted by atomic mass is 10.0. The molecule has 0 atom stereocenters. The Labute approximate surface area is 160 Å². The van der Waals surface area contributed by atoms with E-state index in [-0.39, 0.29) is 5.56 Å². The van der Waals surface area contributed by atoms with Crippen LogP contribution in [0.3, 0.4) is 0 Å². The zero-order valence-corrected chi connectivity index (χ0v) is 15.0. The van der Waals surface area contributed by atoms with E-state index in [0.717, 1.165) is 33.4 Å². The van der Waals surface area contributed by atoms with Gasteiger partial charge in [0.15, 0.2) is 0 Å². The smallest absolute Gasteiger partial charge is 0.250 e. The molecule has 7 nitrogen and oxygen atoms in total. The predicted octanol–water partition coefficient (Wildman–Crippen LogP) is 2.95. The van der Waals surface area contributed by atoms with Crippen molar-refractivity contribution in [3.8, 4) is 22.9 Å². The highest BCUT2D eigenvalue weighted by atomic mass is 16.1. The summed E-state index contributed by atoms with van der Waals surface area (Å²) < 4.78 is 1.78. The maximum atomic E-state index is 11.4. The van der Waals surface area contributed by atoms with E-state index < -0.39 is 5.91 Å². The Morgan fingerprint density at radius 1 is 1.18 bits per heavy atom. The van der Waals surface area contributed by atoms with Gasteiger partial charge in [-0.3, -0.25) is 4.79 Å². The molecule has 0 bridgehead atoms. The van der Waals surface area contributed by atoms with Crippen LogP contribution in [0.1, 0.15) is 21.7 Å². The second-order valence-electron chi connectivity index (χ2n) is 6.38. The Morgan fingerprint density at radius 3 is 2.64 bits per heavy atom. The zero-order valence-electron chi connectivity index (χ0n) is 15.0. The number of aromatic nitrogens is 3. The third kappa shape index (κ3) is 2.73. The summed E-state index contributed by atoms with van der Waals surface area (Å²) in [6, 6.07) is 16.5. The van der Waals surface area contributed by atoms with Gasteiger partial charge in [-0.2, -0.15) is 10.4 Å². The molecule has 0 aliphatic rings. The van der Waals surface area contributed by atoms with Crippen LogP contribution >= 0.6 is 0 Å². The maximum absolute atomic E-state index is 11.4. The minimum absolute atomic E-state index is 0.279. The van der Waals surface area contributed by atoms with Crippen molar-refractivity contribution in [1.82, 2.24) is 14.8 Å². The fraction of sp³-hybridized carbons (Fsp3) is 0.0476. The molecule has 136 valence electrons.